The molecule has 0 aromatic heterocycles. The van der Waals surface area contributed by atoms with Gasteiger partial charge in [-0.2, -0.15) is 0 Å². The van der Waals surface area contributed by atoms with Crippen LogP contribution in [0.3, 0.4) is 0 Å². The Morgan fingerprint density at radius 2 is 2.05 bits per heavy atom. The lowest BCUT2D eigenvalue weighted by atomic mass is 9.96. The maximum absolute atomic E-state index is 12.2. The maximum Gasteiger partial charge on any atom is 0.237 e. The molecule has 1 fully saturated rings. The van der Waals surface area contributed by atoms with E-state index in [1.54, 1.807) is 0 Å². The second-order valence-electron chi connectivity index (χ2n) is 5.75. The van der Waals surface area contributed by atoms with Crippen molar-refractivity contribution in [3.63, 3.8) is 0 Å². The molecular formula is C15H31N3O2. The maximum atomic E-state index is 12.2. The topological polar surface area (TPSA) is 55.8 Å². The highest BCUT2D eigenvalue weighted by Gasteiger charge is 2.23. The molecule has 1 unspecified atom stereocenters. The molecule has 2 N–H and O–H groups in total. The van der Waals surface area contributed by atoms with Gasteiger partial charge in [-0.3, -0.25) is 9.69 Å². The Hall–Kier alpha value is -0.650. The summed E-state index contributed by atoms with van der Waals surface area (Å²) in [6, 6.07) is -0.00511. The summed E-state index contributed by atoms with van der Waals surface area (Å²) in [6.45, 7) is 8.91. The first-order valence-electron chi connectivity index (χ1n) is 7.93. The number of likely N-dealkylation sites (tertiary alicyclic amines) is 1. The van der Waals surface area contributed by atoms with Gasteiger partial charge >= 0.3 is 0 Å². The van der Waals surface area contributed by atoms with Crippen LogP contribution in [-0.2, 0) is 4.79 Å². The number of amides is 1. The number of piperidine rings is 1. The van der Waals surface area contributed by atoms with Gasteiger partial charge in [0.25, 0.3) is 0 Å². The van der Waals surface area contributed by atoms with Crippen molar-refractivity contribution in [3.8, 4) is 0 Å². The van der Waals surface area contributed by atoms with Crippen LogP contribution in [0.15, 0.2) is 0 Å². The summed E-state index contributed by atoms with van der Waals surface area (Å²) in [5.41, 5.74) is 0. The van der Waals surface area contributed by atoms with Crippen molar-refractivity contribution in [3.05, 3.63) is 0 Å². The molecule has 0 aromatic rings. The van der Waals surface area contributed by atoms with Crippen LogP contribution in [0.4, 0.5) is 0 Å². The number of hydrogen-bond acceptors (Lipinski definition) is 4. The highest BCUT2D eigenvalue weighted by atomic mass is 16.3. The molecule has 118 valence electrons. The number of carbonyl (C=O) groups excluding carboxylic acids is 1. The Kier molecular flexibility index (Phi) is 8.11. The van der Waals surface area contributed by atoms with Crippen molar-refractivity contribution in [1.82, 2.24) is 15.1 Å². The Bertz CT molecular complexity index is 278. The number of rotatable bonds is 8. The number of hydrogen-bond donors (Lipinski definition) is 2. The normalized spacial score (nSPS) is 19.2. The van der Waals surface area contributed by atoms with E-state index in [1.165, 1.54) is 0 Å². The van der Waals surface area contributed by atoms with E-state index >= 15 is 0 Å². The van der Waals surface area contributed by atoms with Gasteiger partial charge in [-0.1, -0.05) is 13.8 Å². The molecule has 1 aliphatic rings. The third kappa shape index (κ3) is 5.38. The molecule has 5 nitrogen and oxygen atoms in total. The summed E-state index contributed by atoms with van der Waals surface area (Å²) in [7, 11) is 2.00. The summed E-state index contributed by atoms with van der Waals surface area (Å²) in [6.07, 6.45) is 3.08. The fourth-order valence-electron chi connectivity index (χ4n) is 2.84. The van der Waals surface area contributed by atoms with E-state index in [1.807, 2.05) is 7.05 Å². The molecule has 5 heteroatoms. The SMILES string of the molecule is CCC(C(=O)NCC1CCN(CCO)CC1)N(C)CC. The Morgan fingerprint density at radius 1 is 1.40 bits per heavy atom. The Balaban J connectivity index is 2.28. The van der Waals surface area contributed by atoms with Crippen molar-refractivity contribution >= 4 is 5.91 Å². The standard InChI is InChI=1S/C15H31N3O2/c1-4-14(17(3)5-2)15(20)16-12-13-6-8-18(9-7-13)10-11-19/h13-14,19H,4-12H2,1-3H3,(H,16,20). The minimum absolute atomic E-state index is 0.00511. The van der Waals surface area contributed by atoms with Crippen LogP contribution in [0, 0.1) is 5.92 Å². The van der Waals surface area contributed by atoms with Gasteiger partial charge in [0.15, 0.2) is 0 Å². The van der Waals surface area contributed by atoms with Crippen LogP contribution in [0.5, 0.6) is 0 Å². The van der Waals surface area contributed by atoms with Crippen molar-refractivity contribution < 1.29 is 9.90 Å². The van der Waals surface area contributed by atoms with Gasteiger partial charge in [-0.15, -0.1) is 0 Å². The second-order valence-corrected chi connectivity index (χ2v) is 5.75. The highest BCUT2D eigenvalue weighted by Crippen LogP contribution is 2.16. The third-order valence-corrected chi connectivity index (χ3v) is 4.41. The third-order valence-electron chi connectivity index (χ3n) is 4.41. The Morgan fingerprint density at radius 3 is 2.55 bits per heavy atom. The molecule has 0 saturated carbocycles. The number of aliphatic hydroxyl groups excluding tert-OH is 1. The summed E-state index contributed by atoms with van der Waals surface area (Å²) < 4.78 is 0. The van der Waals surface area contributed by atoms with E-state index in [-0.39, 0.29) is 18.6 Å². The lowest BCUT2D eigenvalue weighted by molar-refractivity contribution is -0.126. The second kappa shape index (κ2) is 9.32. The van der Waals surface area contributed by atoms with E-state index in [2.05, 4.69) is 29.0 Å². The fourth-order valence-corrected chi connectivity index (χ4v) is 2.84. The lowest BCUT2D eigenvalue weighted by Gasteiger charge is -2.32. The molecule has 1 atom stereocenters. The molecule has 0 aliphatic carbocycles. The zero-order chi connectivity index (χ0) is 15.0. The monoisotopic (exact) mass is 285 g/mol. The van der Waals surface area contributed by atoms with E-state index in [0.717, 1.165) is 52.0 Å². The predicted octanol–water partition coefficient (Wildman–Crippen LogP) is 0.537. The quantitative estimate of drug-likeness (QED) is 0.683. The lowest BCUT2D eigenvalue weighted by Crippen LogP contribution is -2.47. The highest BCUT2D eigenvalue weighted by molar-refractivity contribution is 5.81. The van der Waals surface area contributed by atoms with E-state index in [4.69, 9.17) is 5.11 Å². The summed E-state index contributed by atoms with van der Waals surface area (Å²) in [5.74, 6) is 0.743. The summed E-state index contributed by atoms with van der Waals surface area (Å²) in [5, 5.41) is 12.0. The molecule has 1 aliphatic heterocycles. The van der Waals surface area contributed by atoms with Crippen molar-refractivity contribution in [2.24, 2.45) is 5.92 Å². The minimum Gasteiger partial charge on any atom is -0.395 e. The molecule has 1 heterocycles. The number of carbonyl (C=O) groups is 1. The minimum atomic E-state index is -0.00511. The molecule has 20 heavy (non-hydrogen) atoms. The van der Waals surface area contributed by atoms with Gasteiger partial charge in [-0.05, 0) is 51.9 Å². The van der Waals surface area contributed by atoms with Gasteiger partial charge in [0, 0.05) is 13.1 Å². The molecule has 0 aromatic carbocycles. The van der Waals surface area contributed by atoms with Gasteiger partial charge in [0.05, 0.1) is 12.6 Å². The molecule has 0 radical (unpaired) electrons. The first-order chi connectivity index (χ1) is 9.62. The van der Waals surface area contributed by atoms with Gasteiger partial charge in [0.1, 0.15) is 0 Å². The van der Waals surface area contributed by atoms with Gasteiger partial charge in [0.2, 0.25) is 5.91 Å². The van der Waals surface area contributed by atoms with Crippen molar-refractivity contribution in [1.29, 1.82) is 0 Å². The van der Waals surface area contributed by atoms with Gasteiger partial charge in [-0.25, -0.2) is 0 Å². The number of nitrogens with one attached hydrogen (secondary N) is 1. The van der Waals surface area contributed by atoms with Crippen molar-refractivity contribution in [2.45, 2.75) is 39.2 Å². The van der Waals surface area contributed by atoms with Crippen LogP contribution >= 0.6 is 0 Å². The zero-order valence-corrected chi connectivity index (χ0v) is 13.3. The summed E-state index contributed by atoms with van der Waals surface area (Å²) in [4.78, 5) is 16.6. The Labute approximate surface area is 123 Å². The number of nitrogens with zero attached hydrogens (tertiary/aromatic N) is 2. The first-order valence-corrected chi connectivity index (χ1v) is 7.93. The molecule has 0 spiro atoms. The van der Waals surface area contributed by atoms with E-state index in [0.29, 0.717) is 5.92 Å². The van der Waals surface area contributed by atoms with Crippen LogP contribution < -0.4 is 5.32 Å². The predicted molar refractivity (Wildman–Crippen MR) is 81.6 cm³/mol. The number of likely N-dealkylation sites (N-methyl/N-ethyl adjacent to an activating group) is 1. The molecule has 0 bridgehead atoms. The fraction of sp³-hybridized carbons (Fsp3) is 0.933. The number of aliphatic hydroxyl groups is 1. The van der Waals surface area contributed by atoms with E-state index < -0.39 is 0 Å². The molecule has 1 saturated heterocycles. The van der Waals surface area contributed by atoms with E-state index in [9.17, 15) is 4.79 Å². The van der Waals surface area contributed by atoms with Gasteiger partial charge < -0.3 is 15.3 Å². The first kappa shape index (κ1) is 17.4. The van der Waals surface area contributed by atoms with Crippen LogP contribution in [0.1, 0.15) is 33.1 Å². The average Bonchev–Trinajstić information content (AvgIpc) is 2.47. The molecule has 1 rings (SSSR count). The number of β-amino-alcohol motifs (C(OH)–C–C–N with tert-alkyl or cyclic N) is 1. The van der Waals surface area contributed by atoms with Crippen molar-refractivity contribution in [2.75, 3.05) is 46.4 Å². The van der Waals surface area contributed by atoms with Crippen LogP contribution in [0.2, 0.25) is 0 Å². The largest absolute Gasteiger partial charge is 0.395 e. The average molecular weight is 285 g/mol. The molecular weight excluding hydrogens is 254 g/mol. The molecule has 1 amide bonds. The van der Waals surface area contributed by atoms with Crippen LogP contribution in [-0.4, -0.2) is 73.2 Å². The zero-order valence-electron chi connectivity index (χ0n) is 13.3. The van der Waals surface area contributed by atoms with Crippen LogP contribution in [0.25, 0.3) is 0 Å². The smallest absolute Gasteiger partial charge is 0.237 e. The summed E-state index contributed by atoms with van der Waals surface area (Å²) >= 11 is 0.